The minimum absolute atomic E-state index is 0.0391. The monoisotopic (exact) mass is 321 g/mol. The van der Waals surface area contributed by atoms with E-state index in [1.807, 2.05) is 13.8 Å². The number of pyridine rings is 1. The van der Waals surface area contributed by atoms with Crippen LogP contribution >= 0.6 is 11.6 Å². The van der Waals surface area contributed by atoms with Crippen molar-refractivity contribution in [2.75, 3.05) is 10.6 Å². The summed E-state index contributed by atoms with van der Waals surface area (Å²) in [6.07, 6.45) is 2.03. The van der Waals surface area contributed by atoms with Crippen molar-refractivity contribution in [1.82, 2.24) is 4.98 Å². The smallest absolute Gasteiger partial charge is 0.224 e. The van der Waals surface area contributed by atoms with Crippen LogP contribution in [0.4, 0.5) is 21.6 Å². The van der Waals surface area contributed by atoms with Gasteiger partial charge < -0.3 is 10.6 Å². The summed E-state index contributed by atoms with van der Waals surface area (Å²) >= 11 is 5.72. The maximum absolute atomic E-state index is 13.1. The van der Waals surface area contributed by atoms with E-state index in [1.54, 1.807) is 24.4 Å². The Balaban J connectivity index is 1.99. The summed E-state index contributed by atoms with van der Waals surface area (Å²) in [4.78, 5) is 15.9. The van der Waals surface area contributed by atoms with E-state index in [0.29, 0.717) is 29.5 Å². The zero-order valence-electron chi connectivity index (χ0n) is 12.4. The highest BCUT2D eigenvalue weighted by Crippen LogP contribution is 2.22. The van der Waals surface area contributed by atoms with Gasteiger partial charge in [-0.15, -0.1) is 0 Å². The third kappa shape index (κ3) is 4.70. The third-order valence-electron chi connectivity index (χ3n) is 2.83. The summed E-state index contributed by atoms with van der Waals surface area (Å²) in [6, 6.07) is 7.81. The lowest BCUT2D eigenvalue weighted by atomic mass is 10.1. The number of hydrogen-bond acceptors (Lipinski definition) is 3. The number of rotatable bonds is 5. The molecule has 1 heterocycles. The van der Waals surface area contributed by atoms with Crippen molar-refractivity contribution < 1.29 is 9.18 Å². The largest absolute Gasteiger partial charge is 0.340 e. The van der Waals surface area contributed by atoms with Gasteiger partial charge in [-0.25, -0.2) is 9.37 Å². The zero-order chi connectivity index (χ0) is 16.1. The topological polar surface area (TPSA) is 54.0 Å². The Morgan fingerprint density at radius 1 is 1.27 bits per heavy atom. The second-order valence-corrected chi connectivity index (χ2v) is 5.74. The summed E-state index contributed by atoms with van der Waals surface area (Å²) in [5, 5.41) is 5.83. The SMILES string of the molecule is CC(C)CC(=O)Nc1ccc(Nc2ccc(F)c(Cl)c2)nc1. The molecule has 1 amide bonds. The van der Waals surface area contributed by atoms with Gasteiger partial charge in [-0.3, -0.25) is 4.79 Å². The molecule has 0 atom stereocenters. The molecule has 0 aliphatic rings. The number of halogens is 2. The number of hydrogen-bond donors (Lipinski definition) is 2. The van der Waals surface area contributed by atoms with Crippen molar-refractivity contribution in [3.63, 3.8) is 0 Å². The van der Waals surface area contributed by atoms with Gasteiger partial charge >= 0.3 is 0 Å². The lowest BCUT2D eigenvalue weighted by Crippen LogP contribution is -2.13. The van der Waals surface area contributed by atoms with Crippen molar-refractivity contribution in [1.29, 1.82) is 0 Å². The van der Waals surface area contributed by atoms with Crippen LogP contribution < -0.4 is 10.6 Å². The Morgan fingerprint density at radius 3 is 2.59 bits per heavy atom. The zero-order valence-corrected chi connectivity index (χ0v) is 13.1. The van der Waals surface area contributed by atoms with Crippen molar-refractivity contribution >= 4 is 34.7 Å². The van der Waals surface area contributed by atoms with Crippen LogP contribution in [0.25, 0.3) is 0 Å². The van der Waals surface area contributed by atoms with Gasteiger partial charge in [-0.1, -0.05) is 25.4 Å². The van der Waals surface area contributed by atoms with Crippen LogP contribution in [0.2, 0.25) is 5.02 Å². The second-order valence-electron chi connectivity index (χ2n) is 5.33. The molecule has 0 bridgehead atoms. The maximum Gasteiger partial charge on any atom is 0.224 e. The van der Waals surface area contributed by atoms with Crippen LogP contribution in [0, 0.1) is 11.7 Å². The van der Waals surface area contributed by atoms with E-state index < -0.39 is 5.82 Å². The fourth-order valence-electron chi connectivity index (χ4n) is 1.85. The van der Waals surface area contributed by atoms with Crippen molar-refractivity contribution in [3.05, 3.63) is 47.4 Å². The van der Waals surface area contributed by atoms with E-state index in [2.05, 4.69) is 15.6 Å². The summed E-state index contributed by atoms with van der Waals surface area (Å²) in [5.74, 6) is 0.368. The maximum atomic E-state index is 13.1. The fraction of sp³-hybridized carbons (Fsp3) is 0.250. The van der Waals surface area contributed by atoms with E-state index in [-0.39, 0.29) is 10.9 Å². The number of anilines is 3. The van der Waals surface area contributed by atoms with Crippen molar-refractivity contribution in [2.24, 2.45) is 5.92 Å². The van der Waals surface area contributed by atoms with Crippen molar-refractivity contribution in [3.8, 4) is 0 Å². The quantitative estimate of drug-likeness (QED) is 0.846. The van der Waals surface area contributed by atoms with E-state index in [1.165, 1.54) is 12.1 Å². The summed E-state index contributed by atoms with van der Waals surface area (Å²) in [6.45, 7) is 3.97. The van der Waals surface area contributed by atoms with Crippen LogP contribution in [0.5, 0.6) is 0 Å². The molecular formula is C16H17ClFN3O. The molecule has 0 saturated heterocycles. The Kier molecular flexibility index (Phi) is 5.33. The first-order valence-corrected chi connectivity index (χ1v) is 7.30. The highest BCUT2D eigenvalue weighted by molar-refractivity contribution is 6.31. The number of carbonyl (C=O) groups is 1. The van der Waals surface area contributed by atoms with Crippen LogP contribution in [-0.4, -0.2) is 10.9 Å². The molecular weight excluding hydrogens is 305 g/mol. The molecule has 6 heteroatoms. The molecule has 2 aromatic rings. The Bertz CT molecular complexity index is 659. The summed E-state index contributed by atoms with van der Waals surface area (Å²) in [5.41, 5.74) is 1.27. The standard InChI is InChI=1S/C16H17ClFN3O/c1-10(2)7-16(22)21-12-4-6-15(19-9-12)20-11-3-5-14(18)13(17)8-11/h3-6,8-10H,7H2,1-2H3,(H,19,20)(H,21,22). The van der Waals surface area contributed by atoms with Crippen molar-refractivity contribution in [2.45, 2.75) is 20.3 Å². The van der Waals surface area contributed by atoms with Gasteiger partial charge in [0.2, 0.25) is 5.91 Å². The van der Waals surface area contributed by atoms with Crippen LogP contribution in [0.15, 0.2) is 36.5 Å². The molecule has 0 radical (unpaired) electrons. The number of amides is 1. The first-order valence-electron chi connectivity index (χ1n) is 6.92. The highest BCUT2D eigenvalue weighted by Gasteiger charge is 2.06. The predicted octanol–water partition coefficient (Wildman–Crippen LogP) is 4.60. The molecule has 22 heavy (non-hydrogen) atoms. The van der Waals surface area contributed by atoms with Gasteiger partial charge in [0.25, 0.3) is 0 Å². The lowest BCUT2D eigenvalue weighted by Gasteiger charge is -2.09. The van der Waals surface area contributed by atoms with E-state index in [4.69, 9.17) is 11.6 Å². The number of carbonyl (C=O) groups excluding carboxylic acids is 1. The Hall–Kier alpha value is -2.14. The van der Waals surface area contributed by atoms with E-state index in [0.717, 1.165) is 0 Å². The van der Waals surface area contributed by atoms with Gasteiger partial charge in [-0.2, -0.15) is 0 Å². The van der Waals surface area contributed by atoms with E-state index >= 15 is 0 Å². The molecule has 2 N–H and O–H groups in total. The molecule has 0 fully saturated rings. The molecule has 0 aliphatic carbocycles. The third-order valence-corrected chi connectivity index (χ3v) is 3.12. The fourth-order valence-corrected chi connectivity index (χ4v) is 2.03. The highest BCUT2D eigenvalue weighted by atomic mass is 35.5. The molecule has 0 unspecified atom stereocenters. The molecule has 0 aliphatic heterocycles. The normalized spacial score (nSPS) is 10.6. The van der Waals surface area contributed by atoms with E-state index in [9.17, 15) is 9.18 Å². The van der Waals surface area contributed by atoms with Crippen LogP contribution in [0.1, 0.15) is 20.3 Å². The summed E-state index contributed by atoms with van der Waals surface area (Å²) < 4.78 is 13.1. The van der Waals surface area contributed by atoms with Crippen LogP contribution in [0.3, 0.4) is 0 Å². The van der Waals surface area contributed by atoms with Crippen LogP contribution in [-0.2, 0) is 4.79 Å². The predicted molar refractivity (Wildman–Crippen MR) is 87.0 cm³/mol. The van der Waals surface area contributed by atoms with Gasteiger partial charge in [-0.05, 0) is 36.2 Å². The Morgan fingerprint density at radius 2 is 2.00 bits per heavy atom. The van der Waals surface area contributed by atoms with Gasteiger partial charge in [0, 0.05) is 12.1 Å². The molecule has 116 valence electrons. The molecule has 2 rings (SSSR count). The first-order chi connectivity index (χ1) is 10.4. The van der Waals surface area contributed by atoms with Gasteiger partial charge in [0.1, 0.15) is 11.6 Å². The molecule has 1 aromatic carbocycles. The number of nitrogens with zero attached hydrogens (tertiary/aromatic N) is 1. The summed E-state index contributed by atoms with van der Waals surface area (Å²) in [7, 11) is 0. The molecule has 0 spiro atoms. The minimum Gasteiger partial charge on any atom is -0.340 e. The Labute approximate surface area is 133 Å². The second kappa shape index (κ2) is 7.22. The van der Waals surface area contributed by atoms with Gasteiger partial charge in [0.05, 0.1) is 16.9 Å². The lowest BCUT2D eigenvalue weighted by molar-refractivity contribution is -0.116. The average molecular weight is 322 g/mol. The number of benzene rings is 1. The molecule has 0 saturated carbocycles. The van der Waals surface area contributed by atoms with Gasteiger partial charge in [0.15, 0.2) is 0 Å². The number of aromatic nitrogens is 1. The first kappa shape index (κ1) is 16.2. The molecule has 1 aromatic heterocycles. The number of nitrogens with one attached hydrogen (secondary N) is 2. The minimum atomic E-state index is -0.469. The molecule has 4 nitrogen and oxygen atoms in total. The average Bonchev–Trinajstić information content (AvgIpc) is 2.44.